The molecule has 0 saturated carbocycles. The Morgan fingerprint density at radius 1 is 1.04 bits per heavy atom. The zero-order valence-corrected chi connectivity index (χ0v) is 15.7. The maximum absolute atomic E-state index is 5.37. The largest absolute Gasteiger partial charge is 0.497 e. The van der Waals surface area contributed by atoms with Gasteiger partial charge in [-0.15, -0.1) is 0 Å². The molecule has 3 aromatic rings. The predicted molar refractivity (Wildman–Crippen MR) is 111 cm³/mol. The highest BCUT2D eigenvalue weighted by Crippen LogP contribution is 2.32. The van der Waals surface area contributed by atoms with Crippen LogP contribution >= 0.6 is 0 Å². The topological polar surface area (TPSA) is 50.3 Å². The first-order chi connectivity index (χ1) is 13.2. The Labute approximate surface area is 159 Å². The van der Waals surface area contributed by atoms with Crippen molar-refractivity contribution in [3.63, 3.8) is 0 Å². The van der Waals surface area contributed by atoms with Crippen LogP contribution in [0.15, 0.2) is 66.9 Å². The maximum atomic E-state index is 5.37. The summed E-state index contributed by atoms with van der Waals surface area (Å²) in [7, 11) is 1.67. The van der Waals surface area contributed by atoms with Crippen molar-refractivity contribution in [2.45, 2.75) is 19.9 Å². The van der Waals surface area contributed by atoms with Crippen LogP contribution in [0.1, 0.15) is 12.5 Å². The van der Waals surface area contributed by atoms with E-state index in [2.05, 4.69) is 36.2 Å². The van der Waals surface area contributed by atoms with Gasteiger partial charge in [-0.2, -0.15) is 0 Å². The molecule has 5 heteroatoms. The molecule has 1 aromatic heterocycles. The van der Waals surface area contributed by atoms with Crippen LogP contribution < -0.4 is 15.0 Å². The van der Waals surface area contributed by atoms with Crippen molar-refractivity contribution in [3.8, 4) is 5.75 Å². The molecule has 0 spiro atoms. The number of fused-ring (bicyclic) bond motifs is 1. The molecule has 0 fully saturated rings. The van der Waals surface area contributed by atoms with Gasteiger partial charge in [-0.1, -0.05) is 30.4 Å². The fraction of sp³-hybridized carbons (Fsp3) is 0.182. The van der Waals surface area contributed by atoms with Gasteiger partial charge in [0.1, 0.15) is 5.75 Å². The van der Waals surface area contributed by atoms with Crippen LogP contribution in [0.3, 0.4) is 0 Å². The number of anilines is 3. The van der Waals surface area contributed by atoms with Gasteiger partial charge in [0.15, 0.2) is 11.6 Å². The summed E-state index contributed by atoms with van der Waals surface area (Å²) in [5.74, 6) is 2.31. The number of aryl methyl sites for hydroxylation is 1. The highest BCUT2D eigenvalue weighted by molar-refractivity contribution is 5.83. The van der Waals surface area contributed by atoms with Crippen molar-refractivity contribution in [3.05, 3.63) is 72.5 Å². The van der Waals surface area contributed by atoms with Gasteiger partial charge in [-0.05, 0) is 43.7 Å². The van der Waals surface area contributed by atoms with Gasteiger partial charge in [-0.3, -0.25) is 0 Å². The number of rotatable bonds is 4. The number of benzene rings is 2. The lowest BCUT2D eigenvalue weighted by Gasteiger charge is -2.28. The number of nitrogens with zero attached hydrogens (tertiary/aromatic N) is 3. The summed E-state index contributed by atoms with van der Waals surface area (Å²) in [6.07, 6.45) is 8.23. The number of para-hydroxylation sites is 2. The van der Waals surface area contributed by atoms with Crippen molar-refractivity contribution < 1.29 is 4.74 Å². The molecule has 5 nitrogen and oxygen atoms in total. The van der Waals surface area contributed by atoms with E-state index in [1.807, 2.05) is 54.7 Å². The highest BCUT2D eigenvalue weighted by Gasteiger charge is 2.20. The Kier molecular flexibility index (Phi) is 4.50. The number of aromatic nitrogens is 2. The van der Waals surface area contributed by atoms with Crippen molar-refractivity contribution >= 4 is 28.4 Å². The normalized spacial score (nSPS) is 16.0. The van der Waals surface area contributed by atoms with E-state index in [4.69, 9.17) is 14.7 Å². The molecular weight excluding hydrogens is 336 g/mol. The average molecular weight is 358 g/mol. The second-order valence-corrected chi connectivity index (χ2v) is 6.56. The lowest BCUT2D eigenvalue weighted by molar-refractivity contribution is 0.415. The maximum Gasteiger partial charge on any atom is 0.177 e. The Morgan fingerprint density at radius 3 is 2.56 bits per heavy atom. The summed E-state index contributed by atoms with van der Waals surface area (Å²) in [6, 6.07) is 14.1. The third-order valence-electron chi connectivity index (χ3n) is 4.68. The number of hydrogen-bond acceptors (Lipinski definition) is 5. The molecule has 1 N–H and O–H groups in total. The van der Waals surface area contributed by atoms with Crippen molar-refractivity contribution in [1.82, 2.24) is 9.97 Å². The Bertz CT molecular complexity index is 1040. The van der Waals surface area contributed by atoms with Gasteiger partial charge in [-0.25, -0.2) is 9.97 Å². The van der Waals surface area contributed by atoms with Crippen LogP contribution in [0, 0.1) is 6.92 Å². The smallest absolute Gasteiger partial charge is 0.177 e. The standard InChI is InChI=1S/C22H22N4O/c1-15-11-12-17(27-3)14-20(15)24-21-22(26-13-7-6-8-16(26)2)25-19-10-5-4-9-18(19)23-21/h4-14,16H,1-3H3,(H,23,24). The van der Waals surface area contributed by atoms with Crippen molar-refractivity contribution in [2.24, 2.45) is 0 Å². The minimum absolute atomic E-state index is 0.192. The Morgan fingerprint density at radius 2 is 1.81 bits per heavy atom. The number of hydrogen-bond donors (Lipinski definition) is 1. The molecule has 0 bridgehead atoms. The molecule has 1 unspecified atom stereocenters. The second-order valence-electron chi connectivity index (χ2n) is 6.56. The van der Waals surface area contributed by atoms with E-state index in [0.29, 0.717) is 0 Å². The van der Waals surface area contributed by atoms with E-state index < -0.39 is 0 Å². The molecule has 0 amide bonds. The van der Waals surface area contributed by atoms with Gasteiger partial charge < -0.3 is 15.0 Å². The minimum Gasteiger partial charge on any atom is -0.497 e. The third-order valence-corrected chi connectivity index (χ3v) is 4.68. The van der Waals surface area contributed by atoms with Crippen molar-refractivity contribution in [2.75, 3.05) is 17.3 Å². The molecule has 2 aromatic carbocycles. The van der Waals surface area contributed by atoms with Crippen LogP contribution in [0.5, 0.6) is 5.75 Å². The SMILES string of the molecule is COc1ccc(C)c(Nc2nc3ccccc3nc2N2C=CC=CC2C)c1. The molecule has 0 aliphatic carbocycles. The molecule has 1 atom stereocenters. The molecule has 4 rings (SSSR count). The van der Waals surface area contributed by atoms with E-state index in [-0.39, 0.29) is 6.04 Å². The number of allylic oxidation sites excluding steroid dienone is 2. The quantitative estimate of drug-likeness (QED) is 0.714. The Hall–Kier alpha value is -3.34. The monoisotopic (exact) mass is 358 g/mol. The molecule has 0 radical (unpaired) electrons. The predicted octanol–water partition coefficient (Wildman–Crippen LogP) is 4.97. The van der Waals surface area contributed by atoms with Crippen molar-refractivity contribution in [1.29, 1.82) is 0 Å². The number of nitrogens with one attached hydrogen (secondary N) is 1. The molecule has 1 aliphatic heterocycles. The molecular formula is C22H22N4O. The van der Waals surface area contributed by atoms with E-state index in [1.165, 1.54) is 0 Å². The van der Waals surface area contributed by atoms with Gasteiger partial charge in [0.05, 0.1) is 24.2 Å². The number of methoxy groups -OCH3 is 1. The van der Waals surface area contributed by atoms with Gasteiger partial charge in [0.2, 0.25) is 0 Å². The van der Waals surface area contributed by atoms with Crippen LogP contribution in [0.2, 0.25) is 0 Å². The molecule has 27 heavy (non-hydrogen) atoms. The summed E-state index contributed by atoms with van der Waals surface area (Å²) in [5, 5.41) is 3.47. The number of ether oxygens (including phenoxy) is 1. The summed E-state index contributed by atoms with van der Waals surface area (Å²) < 4.78 is 5.37. The third kappa shape index (κ3) is 3.36. The Balaban J connectivity index is 1.84. The van der Waals surface area contributed by atoms with Crippen LogP contribution in [-0.2, 0) is 0 Å². The fourth-order valence-corrected chi connectivity index (χ4v) is 3.10. The zero-order valence-electron chi connectivity index (χ0n) is 15.7. The summed E-state index contributed by atoms with van der Waals surface area (Å²) in [4.78, 5) is 11.9. The summed E-state index contributed by atoms with van der Waals surface area (Å²) >= 11 is 0. The molecule has 1 aliphatic rings. The highest BCUT2D eigenvalue weighted by atomic mass is 16.5. The molecule has 136 valence electrons. The van der Waals surface area contributed by atoms with E-state index in [1.54, 1.807) is 7.11 Å². The van der Waals surface area contributed by atoms with Gasteiger partial charge in [0.25, 0.3) is 0 Å². The fourth-order valence-electron chi connectivity index (χ4n) is 3.10. The van der Waals surface area contributed by atoms with Gasteiger partial charge in [0, 0.05) is 18.0 Å². The van der Waals surface area contributed by atoms with Crippen LogP contribution in [-0.4, -0.2) is 23.1 Å². The van der Waals surface area contributed by atoms with E-state index in [0.717, 1.165) is 39.7 Å². The summed E-state index contributed by atoms with van der Waals surface area (Å²) in [5.41, 5.74) is 3.78. The van der Waals surface area contributed by atoms with E-state index in [9.17, 15) is 0 Å². The van der Waals surface area contributed by atoms with Gasteiger partial charge >= 0.3 is 0 Å². The summed E-state index contributed by atoms with van der Waals surface area (Å²) in [6.45, 7) is 4.19. The first-order valence-corrected chi connectivity index (χ1v) is 8.97. The van der Waals surface area contributed by atoms with E-state index >= 15 is 0 Å². The first kappa shape index (κ1) is 17.1. The molecule has 2 heterocycles. The molecule has 0 saturated heterocycles. The zero-order chi connectivity index (χ0) is 18.8. The average Bonchev–Trinajstić information content (AvgIpc) is 2.69. The minimum atomic E-state index is 0.192. The van der Waals surface area contributed by atoms with Crippen LogP contribution in [0.4, 0.5) is 17.3 Å². The lowest BCUT2D eigenvalue weighted by atomic mass is 10.2. The first-order valence-electron chi connectivity index (χ1n) is 8.97. The van der Waals surface area contributed by atoms with Crippen LogP contribution in [0.25, 0.3) is 11.0 Å². The lowest BCUT2D eigenvalue weighted by Crippen LogP contribution is -2.29. The second kappa shape index (κ2) is 7.11.